The van der Waals surface area contributed by atoms with Crippen LogP contribution in [0.25, 0.3) is 0 Å². The predicted octanol–water partition coefficient (Wildman–Crippen LogP) is 4.50. The largest absolute Gasteiger partial charge is 0.496 e. The number of rotatable bonds is 6. The normalized spacial score (nSPS) is 11.7. The number of methoxy groups -OCH3 is 1. The maximum absolute atomic E-state index is 12.9. The van der Waals surface area contributed by atoms with Gasteiger partial charge >= 0.3 is 6.18 Å². The second-order valence-corrected chi connectivity index (χ2v) is 6.31. The van der Waals surface area contributed by atoms with Crippen LogP contribution in [0.5, 0.6) is 5.75 Å². The number of hydrogen-bond donors (Lipinski definition) is 2. The first-order valence-corrected chi connectivity index (χ1v) is 8.62. The van der Waals surface area contributed by atoms with Gasteiger partial charge in [-0.15, -0.1) is 0 Å². The third kappa shape index (κ3) is 6.21. The Labute approximate surface area is 169 Å². The highest BCUT2D eigenvalue weighted by Gasteiger charge is 2.33. The van der Waals surface area contributed by atoms with Crippen molar-refractivity contribution in [3.8, 4) is 5.75 Å². The summed E-state index contributed by atoms with van der Waals surface area (Å²) in [4.78, 5) is 24.2. The Balaban J connectivity index is 1.99. The highest BCUT2D eigenvalue weighted by molar-refractivity contribution is 6.31. The summed E-state index contributed by atoms with van der Waals surface area (Å²) in [5, 5.41) is 5.70. The number of benzene rings is 2. The zero-order chi connectivity index (χ0) is 21.6. The first-order valence-electron chi connectivity index (χ1n) is 8.25. The Bertz CT molecular complexity index is 946. The monoisotopic (exact) mass is 427 g/mol. The van der Waals surface area contributed by atoms with E-state index in [0.717, 1.165) is 12.1 Å². The molecule has 6 nitrogen and oxygen atoms in total. The Kier molecular flexibility index (Phi) is 7.22. The van der Waals surface area contributed by atoms with E-state index >= 15 is 0 Å². The maximum Gasteiger partial charge on any atom is 0.417 e. The molecular formula is C19H17ClF3N3O3. The van der Waals surface area contributed by atoms with Crippen LogP contribution < -0.4 is 15.5 Å². The minimum Gasteiger partial charge on any atom is -0.496 e. The number of nitrogens with one attached hydrogen (secondary N) is 2. The minimum atomic E-state index is -4.64. The molecule has 0 atom stereocenters. The van der Waals surface area contributed by atoms with Gasteiger partial charge in [-0.3, -0.25) is 9.59 Å². The third-order valence-electron chi connectivity index (χ3n) is 3.67. The van der Waals surface area contributed by atoms with Crippen LogP contribution in [-0.2, 0) is 11.0 Å². The second kappa shape index (κ2) is 9.42. The Hall–Kier alpha value is -3.07. The second-order valence-electron chi connectivity index (χ2n) is 5.91. The number of amides is 2. The number of halogens is 4. The summed E-state index contributed by atoms with van der Waals surface area (Å²) in [5.74, 6) is -0.776. The van der Waals surface area contributed by atoms with E-state index in [0.29, 0.717) is 5.75 Å². The average Bonchev–Trinajstić information content (AvgIpc) is 2.66. The predicted molar refractivity (Wildman–Crippen MR) is 103 cm³/mol. The highest BCUT2D eigenvalue weighted by Crippen LogP contribution is 2.36. The molecule has 0 fully saturated rings. The van der Waals surface area contributed by atoms with E-state index in [1.165, 1.54) is 20.1 Å². The van der Waals surface area contributed by atoms with Gasteiger partial charge in [0.2, 0.25) is 5.91 Å². The number of alkyl halides is 3. The number of carbonyl (C=O) groups excluding carboxylic acids is 2. The number of para-hydroxylation sites is 1. The van der Waals surface area contributed by atoms with Gasteiger partial charge in [-0.25, -0.2) is 5.43 Å². The van der Waals surface area contributed by atoms with Crippen LogP contribution in [0.2, 0.25) is 5.02 Å². The highest BCUT2D eigenvalue weighted by atomic mass is 35.5. The van der Waals surface area contributed by atoms with Crippen LogP contribution in [0, 0.1) is 0 Å². The summed E-state index contributed by atoms with van der Waals surface area (Å²) in [7, 11) is 1.42. The molecule has 0 saturated heterocycles. The number of nitrogens with zero attached hydrogens (tertiary/aromatic N) is 1. The quantitative estimate of drug-likeness (QED) is 0.526. The lowest BCUT2D eigenvalue weighted by molar-refractivity contribution is -0.137. The van der Waals surface area contributed by atoms with Crippen molar-refractivity contribution in [1.29, 1.82) is 0 Å². The molecular weight excluding hydrogens is 411 g/mol. The summed E-state index contributed by atoms with van der Waals surface area (Å²) in [6.45, 7) is 1.49. The van der Waals surface area contributed by atoms with Crippen molar-refractivity contribution in [3.05, 3.63) is 58.6 Å². The van der Waals surface area contributed by atoms with Crippen LogP contribution in [-0.4, -0.2) is 24.6 Å². The number of hydrogen-bond acceptors (Lipinski definition) is 4. The fourth-order valence-electron chi connectivity index (χ4n) is 2.34. The van der Waals surface area contributed by atoms with Gasteiger partial charge in [0.25, 0.3) is 5.91 Å². The maximum atomic E-state index is 12.9. The molecule has 0 saturated carbocycles. The van der Waals surface area contributed by atoms with Gasteiger partial charge in [-0.05, 0) is 37.3 Å². The Morgan fingerprint density at radius 1 is 1.17 bits per heavy atom. The summed E-state index contributed by atoms with van der Waals surface area (Å²) >= 11 is 5.54. The zero-order valence-electron chi connectivity index (χ0n) is 15.4. The van der Waals surface area contributed by atoms with Crippen LogP contribution in [0.3, 0.4) is 0 Å². The topological polar surface area (TPSA) is 79.8 Å². The number of ether oxygens (including phenoxy) is 1. The fourth-order valence-corrected chi connectivity index (χ4v) is 2.56. The molecule has 10 heteroatoms. The van der Waals surface area contributed by atoms with Crippen molar-refractivity contribution >= 4 is 34.8 Å². The van der Waals surface area contributed by atoms with E-state index in [4.69, 9.17) is 16.3 Å². The van der Waals surface area contributed by atoms with Gasteiger partial charge in [0.1, 0.15) is 5.75 Å². The molecule has 154 valence electrons. The van der Waals surface area contributed by atoms with Gasteiger partial charge in [0.15, 0.2) is 0 Å². The lowest BCUT2D eigenvalue weighted by atomic mass is 10.2. The molecule has 2 aromatic rings. The van der Waals surface area contributed by atoms with E-state index in [2.05, 4.69) is 15.8 Å². The van der Waals surface area contributed by atoms with Gasteiger partial charge < -0.3 is 10.1 Å². The molecule has 29 heavy (non-hydrogen) atoms. The van der Waals surface area contributed by atoms with Crippen molar-refractivity contribution in [2.75, 3.05) is 12.4 Å². The number of anilines is 1. The Morgan fingerprint density at radius 2 is 1.86 bits per heavy atom. The molecule has 0 aliphatic heterocycles. The smallest absolute Gasteiger partial charge is 0.417 e. The van der Waals surface area contributed by atoms with Gasteiger partial charge in [0.05, 0.1) is 29.7 Å². The molecule has 0 bridgehead atoms. The van der Waals surface area contributed by atoms with Gasteiger partial charge in [-0.1, -0.05) is 23.7 Å². The molecule has 0 aromatic heterocycles. The average molecular weight is 428 g/mol. The third-order valence-corrected chi connectivity index (χ3v) is 4.00. The minimum absolute atomic E-state index is 0.0578. The van der Waals surface area contributed by atoms with E-state index < -0.39 is 28.6 Å². The van der Waals surface area contributed by atoms with Gasteiger partial charge in [0, 0.05) is 11.4 Å². The lowest BCUT2D eigenvalue weighted by Gasteiger charge is -2.12. The first-order chi connectivity index (χ1) is 13.6. The summed E-state index contributed by atoms with van der Waals surface area (Å²) in [6.07, 6.45) is -4.88. The van der Waals surface area contributed by atoms with Crippen LogP contribution >= 0.6 is 11.6 Å². The lowest BCUT2D eigenvalue weighted by Crippen LogP contribution is -2.22. The van der Waals surface area contributed by atoms with Crippen LogP contribution in [0.1, 0.15) is 29.3 Å². The van der Waals surface area contributed by atoms with E-state index in [-0.39, 0.29) is 23.4 Å². The van der Waals surface area contributed by atoms with E-state index in [9.17, 15) is 22.8 Å². The molecule has 2 aromatic carbocycles. The molecule has 0 radical (unpaired) electrons. The summed E-state index contributed by atoms with van der Waals surface area (Å²) < 4.78 is 43.7. The summed E-state index contributed by atoms with van der Waals surface area (Å²) in [5.41, 5.74) is 1.70. The molecule has 2 rings (SSSR count). The molecule has 0 aliphatic carbocycles. The van der Waals surface area contributed by atoms with E-state index in [1.54, 1.807) is 24.3 Å². The van der Waals surface area contributed by atoms with Crippen molar-refractivity contribution in [1.82, 2.24) is 5.43 Å². The number of hydrazone groups is 1. The van der Waals surface area contributed by atoms with Crippen molar-refractivity contribution in [3.63, 3.8) is 0 Å². The molecule has 0 aliphatic rings. The molecule has 2 N–H and O–H groups in total. The molecule has 0 unspecified atom stereocenters. The number of carbonyl (C=O) groups is 2. The molecule has 0 heterocycles. The molecule has 2 amide bonds. The first kappa shape index (κ1) is 22.2. The van der Waals surface area contributed by atoms with Gasteiger partial charge in [-0.2, -0.15) is 18.3 Å². The van der Waals surface area contributed by atoms with E-state index in [1.807, 2.05) is 0 Å². The van der Waals surface area contributed by atoms with Crippen LogP contribution in [0.15, 0.2) is 47.6 Å². The zero-order valence-corrected chi connectivity index (χ0v) is 16.2. The fraction of sp³-hybridized carbons (Fsp3) is 0.211. The van der Waals surface area contributed by atoms with Crippen LogP contribution in [0.4, 0.5) is 18.9 Å². The summed E-state index contributed by atoms with van der Waals surface area (Å²) in [6, 6.07) is 9.57. The molecule has 0 spiro atoms. The Morgan fingerprint density at radius 3 is 2.52 bits per heavy atom. The standard InChI is InChI=1S/C19H17ClF3N3O3/c1-11(25-26-18(28)13-5-3-4-6-16(13)29-2)9-17(27)24-12-7-8-15(20)14(10-12)19(21,22)23/h3-8,10H,9H2,1-2H3,(H,24,27)(H,26,28)/b25-11-. The van der Waals surface area contributed by atoms with Crippen molar-refractivity contribution in [2.24, 2.45) is 5.10 Å². The van der Waals surface area contributed by atoms with Crippen molar-refractivity contribution in [2.45, 2.75) is 19.5 Å². The van der Waals surface area contributed by atoms with Crippen molar-refractivity contribution < 1.29 is 27.5 Å². The SMILES string of the molecule is COc1ccccc1C(=O)N/N=C(/C)CC(=O)Nc1ccc(Cl)c(C(F)(F)F)c1.